The molecule has 9 heteroatoms. The smallest absolute Gasteiger partial charge is 0.182 e. The van der Waals surface area contributed by atoms with E-state index in [1.165, 1.54) is 11.0 Å². The van der Waals surface area contributed by atoms with E-state index in [-0.39, 0.29) is 16.5 Å². The van der Waals surface area contributed by atoms with Gasteiger partial charge in [-0.25, -0.2) is 18.4 Å². The van der Waals surface area contributed by atoms with Gasteiger partial charge in [0, 0.05) is 25.1 Å². The van der Waals surface area contributed by atoms with Crippen LogP contribution in [0.2, 0.25) is 0 Å². The normalized spacial score (nSPS) is 15.1. The summed E-state index contributed by atoms with van der Waals surface area (Å²) in [6.07, 6.45) is 6.33. The van der Waals surface area contributed by atoms with Crippen molar-refractivity contribution in [2.75, 3.05) is 23.9 Å². The first-order valence-electron chi connectivity index (χ1n) is 6.55. The molecule has 21 heavy (non-hydrogen) atoms. The van der Waals surface area contributed by atoms with Crippen molar-refractivity contribution in [3.05, 3.63) is 18.6 Å². The maximum atomic E-state index is 12.0. The maximum Gasteiger partial charge on any atom is 0.182 e. The minimum atomic E-state index is -3.49. The highest BCUT2D eigenvalue weighted by atomic mass is 32.2. The number of aromatic nitrogens is 4. The van der Waals surface area contributed by atoms with E-state index in [0.717, 1.165) is 19.1 Å². The number of nitrogen functional groups attached to an aromatic ring is 1. The van der Waals surface area contributed by atoms with Crippen molar-refractivity contribution in [2.45, 2.75) is 17.7 Å². The molecule has 0 aliphatic heterocycles. The van der Waals surface area contributed by atoms with Crippen LogP contribution in [0.1, 0.15) is 12.8 Å². The molecule has 0 atom stereocenters. The van der Waals surface area contributed by atoms with Crippen molar-refractivity contribution in [1.29, 1.82) is 0 Å². The second-order valence-corrected chi connectivity index (χ2v) is 7.09. The number of rotatable bonds is 5. The van der Waals surface area contributed by atoms with Crippen LogP contribution in [0.5, 0.6) is 0 Å². The number of anilines is 2. The summed E-state index contributed by atoms with van der Waals surface area (Å²) in [7, 11) is -3.49. The Morgan fingerprint density at radius 1 is 1.48 bits per heavy atom. The highest BCUT2D eigenvalue weighted by molar-refractivity contribution is 7.91. The summed E-state index contributed by atoms with van der Waals surface area (Å²) >= 11 is 0. The Balaban J connectivity index is 2.05. The highest BCUT2D eigenvalue weighted by Gasteiger charge is 2.27. The van der Waals surface area contributed by atoms with Crippen LogP contribution in [-0.2, 0) is 9.84 Å². The van der Waals surface area contributed by atoms with E-state index in [9.17, 15) is 8.42 Å². The summed E-state index contributed by atoms with van der Waals surface area (Å²) in [5.41, 5.74) is 5.97. The lowest BCUT2D eigenvalue weighted by Gasteiger charge is -2.03. The molecule has 0 radical (unpaired) electrons. The molecule has 2 heterocycles. The van der Waals surface area contributed by atoms with Crippen molar-refractivity contribution in [3.63, 3.8) is 0 Å². The number of nitrogens with zero attached hydrogens (tertiary/aromatic N) is 4. The van der Waals surface area contributed by atoms with Gasteiger partial charge in [0.2, 0.25) is 0 Å². The predicted molar refractivity (Wildman–Crippen MR) is 77.9 cm³/mol. The summed E-state index contributed by atoms with van der Waals surface area (Å²) in [5.74, 6) is 1.34. The molecule has 1 aliphatic rings. The number of nitrogens with one attached hydrogen (secondary N) is 1. The second kappa shape index (κ2) is 4.99. The fourth-order valence-corrected chi connectivity index (χ4v) is 2.98. The van der Waals surface area contributed by atoms with Gasteiger partial charge in [0.15, 0.2) is 26.4 Å². The summed E-state index contributed by atoms with van der Waals surface area (Å²) in [6, 6.07) is 1.61. The molecule has 0 aromatic carbocycles. The Morgan fingerprint density at radius 2 is 2.24 bits per heavy atom. The van der Waals surface area contributed by atoms with Gasteiger partial charge in [0.05, 0.1) is 0 Å². The van der Waals surface area contributed by atoms with E-state index in [1.807, 2.05) is 0 Å². The number of hydrogen-bond acceptors (Lipinski definition) is 7. The summed E-state index contributed by atoms with van der Waals surface area (Å²) in [5, 5.41) is 7.34. The summed E-state index contributed by atoms with van der Waals surface area (Å²) in [6.45, 7) is 0.697. The van der Waals surface area contributed by atoms with Crippen LogP contribution < -0.4 is 11.1 Å². The zero-order chi connectivity index (χ0) is 15.0. The lowest BCUT2D eigenvalue weighted by molar-refractivity contribution is 0.602. The van der Waals surface area contributed by atoms with Gasteiger partial charge in [-0.15, -0.1) is 5.10 Å². The zero-order valence-corrected chi connectivity index (χ0v) is 12.3. The first-order valence-corrected chi connectivity index (χ1v) is 8.45. The van der Waals surface area contributed by atoms with Gasteiger partial charge < -0.3 is 11.1 Å². The van der Waals surface area contributed by atoms with Crippen LogP contribution in [0.3, 0.4) is 0 Å². The Labute approximate surface area is 122 Å². The number of sulfone groups is 1. The van der Waals surface area contributed by atoms with Crippen molar-refractivity contribution >= 4 is 21.5 Å². The first kappa shape index (κ1) is 13.8. The molecule has 1 aliphatic carbocycles. The van der Waals surface area contributed by atoms with E-state index in [0.29, 0.717) is 18.3 Å². The van der Waals surface area contributed by atoms with Crippen LogP contribution >= 0.6 is 0 Å². The van der Waals surface area contributed by atoms with Crippen molar-refractivity contribution in [2.24, 2.45) is 5.92 Å². The summed E-state index contributed by atoms with van der Waals surface area (Å²) < 4.78 is 25.3. The molecule has 3 N–H and O–H groups in total. The second-order valence-electron chi connectivity index (χ2n) is 5.14. The SMILES string of the molecule is CS(=O)(=O)c1c(NCC2CC2)nn(-c2ccncn2)c1N. The van der Waals surface area contributed by atoms with Gasteiger partial charge in [-0.2, -0.15) is 4.68 Å². The first-order chi connectivity index (χ1) is 9.97. The maximum absolute atomic E-state index is 12.0. The number of hydrogen-bond donors (Lipinski definition) is 2. The van der Waals surface area contributed by atoms with Gasteiger partial charge in [-0.1, -0.05) is 0 Å². The van der Waals surface area contributed by atoms with Gasteiger partial charge in [-0.3, -0.25) is 0 Å². The molecule has 1 fully saturated rings. The van der Waals surface area contributed by atoms with Crippen LogP contribution in [0.4, 0.5) is 11.6 Å². The molecule has 0 spiro atoms. The quantitative estimate of drug-likeness (QED) is 0.824. The largest absolute Gasteiger partial charge is 0.382 e. The van der Waals surface area contributed by atoms with E-state index in [2.05, 4.69) is 20.4 Å². The average molecular weight is 308 g/mol. The minimum absolute atomic E-state index is 0.0155. The Hall–Kier alpha value is -2.16. The standard InChI is InChI=1S/C12H16N6O2S/c1-21(19,20)10-11(13)18(9-4-5-14-7-16-9)17-12(10)15-6-8-2-3-8/h4-5,7-8H,2-3,6,13H2,1H3,(H,15,17). The molecular weight excluding hydrogens is 292 g/mol. The van der Waals surface area contributed by atoms with Crippen molar-refractivity contribution in [3.8, 4) is 5.82 Å². The van der Waals surface area contributed by atoms with E-state index < -0.39 is 9.84 Å². The molecular formula is C12H16N6O2S. The molecule has 2 aromatic rings. The van der Waals surface area contributed by atoms with E-state index in [4.69, 9.17) is 5.73 Å². The topological polar surface area (TPSA) is 116 Å². The average Bonchev–Trinajstić information content (AvgIpc) is 3.19. The fraction of sp³-hybridized carbons (Fsp3) is 0.417. The van der Waals surface area contributed by atoms with Crippen LogP contribution in [-0.4, -0.2) is 41.0 Å². The van der Waals surface area contributed by atoms with E-state index in [1.54, 1.807) is 12.3 Å². The minimum Gasteiger partial charge on any atom is -0.382 e. The van der Waals surface area contributed by atoms with Gasteiger partial charge >= 0.3 is 0 Å². The monoisotopic (exact) mass is 308 g/mol. The lowest BCUT2D eigenvalue weighted by Crippen LogP contribution is -2.08. The van der Waals surface area contributed by atoms with Crippen LogP contribution in [0.15, 0.2) is 23.5 Å². The third-order valence-corrected chi connectivity index (χ3v) is 4.43. The highest BCUT2D eigenvalue weighted by Crippen LogP contribution is 2.32. The predicted octanol–water partition coefficient (Wildman–Crippen LogP) is 0.470. The Morgan fingerprint density at radius 3 is 2.81 bits per heavy atom. The molecule has 1 saturated carbocycles. The zero-order valence-electron chi connectivity index (χ0n) is 11.5. The fourth-order valence-electron chi connectivity index (χ4n) is 2.04. The van der Waals surface area contributed by atoms with Crippen molar-refractivity contribution in [1.82, 2.24) is 19.7 Å². The molecule has 0 amide bonds. The van der Waals surface area contributed by atoms with Gasteiger partial charge in [0.25, 0.3) is 0 Å². The van der Waals surface area contributed by atoms with Crippen LogP contribution in [0.25, 0.3) is 5.82 Å². The molecule has 0 unspecified atom stereocenters. The van der Waals surface area contributed by atoms with Gasteiger partial charge in [0.1, 0.15) is 12.1 Å². The summed E-state index contributed by atoms with van der Waals surface area (Å²) in [4.78, 5) is 7.88. The van der Waals surface area contributed by atoms with Crippen molar-refractivity contribution < 1.29 is 8.42 Å². The van der Waals surface area contributed by atoms with Crippen LogP contribution in [0, 0.1) is 5.92 Å². The molecule has 0 bridgehead atoms. The lowest BCUT2D eigenvalue weighted by atomic mass is 10.4. The molecule has 0 saturated heterocycles. The van der Waals surface area contributed by atoms with E-state index >= 15 is 0 Å². The molecule has 8 nitrogen and oxygen atoms in total. The molecule has 112 valence electrons. The Bertz CT molecular complexity index is 752. The third kappa shape index (κ3) is 2.82. The molecule has 3 rings (SSSR count). The number of nitrogens with two attached hydrogens (primary N) is 1. The third-order valence-electron chi connectivity index (χ3n) is 3.29. The Kier molecular flexibility index (Phi) is 3.28. The van der Waals surface area contributed by atoms with Gasteiger partial charge in [-0.05, 0) is 18.8 Å². The molecule has 2 aromatic heterocycles.